The number of piperidine rings is 1. The normalized spacial score (nSPS) is 22.6. The van der Waals surface area contributed by atoms with Gasteiger partial charge < -0.3 is 20.0 Å². The van der Waals surface area contributed by atoms with Gasteiger partial charge in [-0.15, -0.1) is 0 Å². The van der Waals surface area contributed by atoms with Crippen molar-refractivity contribution in [2.45, 2.75) is 32.7 Å². The lowest BCUT2D eigenvalue weighted by molar-refractivity contribution is 0.169. The van der Waals surface area contributed by atoms with Crippen LogP contribution in [0.5, 0.6) is 0 Å². The van der Waals surface area contributed by atoms with Gasteiger partial charge in [-0.25, -0.2) is 9.78 Å². The first-order valence-corrected chi connectivity index (χ1v) is 9.53. The Kier molecular flexibility index (Phi) is 6.13. The van der Waals surface area contributed by atoms with Crippen LogP contribution in [0.4, 0.5) is 10.6 Å². The highest BCUT2D eigenvalue weighted by Crippen LogP contribution is 2.16. The van der Waals surface area contributed by atoms with Crippen LogP contribution in [0.2, 0.25) is 0 Å². The minimum absolute atomic E-state index is 0.0474. The Hall–Kier alpha value is -1.82. The number of nitrogens with zero attached hydrogens (tertiary/aromatic N) is 4. The third kappa shape index (κ3) is 5.08. The molecule has 1 aromatic heterocycles. The number of carbonyl (C=O) groups is 1. The molecule has 0 bridgehead atoms. The van der Waals surface area contributed by atoms with Gasteiger partial charge in [0.25, 0.3) is 0 Å². The third-order valence-electron chi connectivity index (χ3n) is 5.24. The largest absolute Gasteiger partial charge is 0.355 e. The van der Waals surface area contributed by atoms with Crippen molar-refractivity contribution in [1.82, 2.24) is 20.1 Å². The first kappa shape index (κ1) is 18.0. The van der Waals surface area contributed by atoms with E-state index in [0.717, 1.165) is 57.1 Å². The lowest BCUT2D eigenvalue weighted by Crippen LogP contribution is -2.44. The van der Waals surface area contributed by atoms with Crippen LogP contribution in [0, 0.1) is 5.92 Å². The smallest absolute Gasteiger partial charge is 0.317 e. The van der Waals surface area contributed by atoms with Crippen molar-refractivity contribution in [2.24, 2.45) is 5.92 Å². The maximum atomic E-state index is 12.3. The van der Waals surface area contributed by atoms with E-state index in [9.17, 15) is 4.79 Å². The molecule has 0 saturated carbocycles. The van der Waals surface area contributed by atoms with Gasteiger partial charge in [-0.3, -0.25) is 0 Å². The zero-order valence-electron chi connectivity index (χ0n) is 15.6. The summed E-state index contributed by atoms with van der Waals surface area (Å²) in [7, 11) is 2.17. The van der Waals surface area contributed by atoms with Crippen LogP contribution < -0.4 is 10.2 Å². The Balaban J connectivity index is 1.49. The van der Waals surface area contributed by atoms with Gasteiger partial charge in [0.15, 0.2) is 0 Å². The van der Waals surface area contributed by atoms with Crippen LogP contribution in [0.25, 0.3) is 0 Å². The highest BCUT2D eigenvalue weighted by Gasteiger charge is 2.20. The maximum Gasteiger partial charge on any atom is 0.317 e. The van der Waals surface area contributed by atoms with Gasteiger partial charge in [0, 0.05) is 45.5 Å². The van der Waals surface area contributed by atoms with E-state index in [1.165, 1.54) is 12.8 Å². The molecular weight excluding hydrogens is 314 g/mol. The Morgan fingerprint density at radius 1 is 1.20 bits per heavy atom. The van der Waals surface area contributed by atoms with E-state index in [0.29, 0.717) is 12.5 Å². The van der Waals surface area contributed by atoms with Gasteiger partial charge >= 0.3 is 6.03 Å². The van der Waals surface area contributed by atoms with Gasteiger partial charge in [-0.2, -0.15) is 0 Å². The molecule has 3 heterocycles. The Bertz CT molecular complexity index is 561. The molecule has 1 aromatic rings. The van der Waals surface area contributed by atoms with Gasteiger partial charge in [-0.05, 0) is 50.4 Å². The van der Waals surface area contributed by atoms with Crippen molar-refractivity contribution in [2.75, 3.05) is 51.2 Å². The number of nitrogens with one attached hydrogen (secondary N) is 1. The molecule has 2 amide bonds. The number of amides is 2. The van der Waals surface area contributed by atoms with Gasteiger partial charge in [0.1, 0.15) is 5.82 Å². The molecule has 6 heteroatoms. The van der Waals surface area contributed by atoms with E-state index < -0.39 is 0 Å². The summed E-state index contributed by atoms with van der Waals surface area (Å²) in [6.45, 7) is 8.79. The predicted octanol–water partition coefficient (Wildman–Crippen LogP) is 2.17. The Morgan fingerprint density at radius 2 is 2.08 bits per heavy atom. The maximum absolute atomic E-state index is 12.3. The number of hydrogen-bond donors (Lipinski definition) is 1. The summed E-state index contributed by atoms with van der Waals surface area (Å²) in [6.07, 6.45) is 5.39. The number of likely N-dealkylation sites (tertiary alicyclic amines) is 1. The van der Waals surface area contributed by atoms with Crippen molar-refractivity contribution in [3.8, 4) is 0 Å². The molecule has 2 aliphatic heterocycles. The minimum atomic E-state index is 0.0474. The number of aromatic nitrogens is 1. The summed E-state index contributed by atoms with van der Waals surface area (Å²) in [5.74, 6) is 1.64. The molecule has 2 fully saturated rings. The molecule has 25 heavy (non-hydrogen) atoms. The summed E-state index contributed by atoms with van der Waals surface area (Å²) in [6, 6.07) is 4.21. The van der Waals surface area contributed by atoms with Gasteiger partial charge in [0.2, 0.25) is 0 Å². The molecule has 0 aliphatic carbocycles. The molecule has 2 aliphatic rings. The quantitative estimate of drug-likeness (QED) is 0.912. The second kappa shape index (κ2) is 8.52. The molecule has 0 unspecified atom stereocenters. The predicted molar refractivity (Wildman–Crippen MR) is 101 cm³/mol. The Morgan fingerprint density at radius 3 is 2.84 bits per heavy atom. The fraction of sp³-hybridized carbons (Fsp3) is 0.684. The van der Waals surface area contributed by atoms with Crippen molar-refractivity contribution >= 4 is 11.8 Å². The summed E-state index contributed by atoms with van der Waals surface area (Å²) in [5.41, 5.74) is 1.05. The van der Waals surface area contributed by atoms with E-state index in [1.807, 2.05) is 11.1 Å². The van der Waals surface area contributed by atoms with Gasteiger partial charge in [-0.1, -0.05) is 13.0 Å². The lowest BCUT2D eigenvalue weighted by Gasteiger charge is -2.31. The number of carbonyl (C=O) groups excluding carboxylic acids is 1. The zero-order chi connectivity index (χ0) is 17.6. The van der Waals surface area contributed by atoms with E-state index in [1.54, 1.807) is 0 Å². The van der Waals surface area contributed by atoms with Crippen LogP contribution in [0.3, 0.4) is 0 Å². The molecule has 6 nitrogen and oxygen atoms in total. The number of rotatable bonds is 3. The van der Waals surface area contributed by atoms with Crippen LogP contribution in [0.1, 0.15) is 31.7 Å². The third-order valence-corrected chi connectivity index (χ3v) is 5.24. The molecule has 1 atom stereocenters. The molecule has 138 valence electrons. The average molecular weight is 345 g/mol. The topological polar surface area (TPSA) is 51.7 Å². The van der Waals surface area contributed by atoms with Crippen molar-refractivity contribution in [3.63, 3.8) is 0 Å². The molecule has 0 radical (unpaired) electrons. The summed E-state index contributed by atoms with van der Waals surface area (Å²) in [4.78, 5) is 23.5. The van der Waals surface area contributed by atoms with E-state index in [-0.39, 0.29) is 6.03 Å². The molecular formula is C19H31N5O. The van der Waals surface area contributed by atoms with Crippen LogP contribution in [-0.4, -0.2) is 67.1 Å². The van der Waals surface area contributed by atoms with Crippen molar-refractivity contribution in [3.05, 3.63) is 23.9 Å². The van der Waals surface area contributed by atoms with Crippen molar-refractivity contribution < 1.29 is 4.79 Å². The molecule has 2 saturated heterocycles. The first-order valence-electron chi connectivity index (χ1n) is 9.53. The molecule has 1 N–H and O–H groups in total. The number of anilines is 1. The fourth-order valence-electron chi connectivity index (χ4n) is 3.65. The van der Waals surface area contributed by atoms with E-state index in [4.69, 9.17) is 0 Å². The van der Waals surface area contributed by atoms with Crippen LogP contribution in [0.15, 0.2) is 18.3 Å². The second-order valence-corrected chi connectivity index (χ2v) is 7.52. The van der Waals surface area contributed by atoms with Crippen molar-refractivity contribution in [1.29, 1.82) is 0 Å². The molecule has 3 rings (SSSR count). The first-order chi connectivity index (χ1) is 12.1. The number of pyridine rings is 1. The summed E-state index contributed by atoms with van der Waals surface area (Å²) < 4.78 is 0. The highest BCUT2D eigenvalue weighted by atomic mass is 16.2. The number of urea groups is 1. The monoisotopic (exact) mass is 345 g/mol. The molecule has 0 aromatic carbocycles. The van der Waals surface area contributed by atoms with Crippen LogP contribution >= 0.6 is 0 Å². The highest BCUT2D eigenvalue weighted by molar-refractivity contribution is 5.74. The Labute approximate surface area is 151 Å². The standard InChI is InChI=1S/C19H31N5O/c1-16-5-3-9-24(15-16)19(25)21-14-17-6-7-18(20-13-17)23-10-4-8-22(2)11-12-23/h6-7,13,16H,3-5,8-12,14-15H2,1-2H3,(H,21,25)/t16-/m1/s1. The number of hydrogen-bond acceptors (Lipinski definition) is 4. The zero-order valence-corrected chi connectivity index (χ0v) is 15.6. The number of likely N-dealkylation sites (N-methyl/N-ethyl adjacent to an activating group) is 1. The van der Waals surface area contributed by atoms with Gasteiger partial charge in [0.05, 0.1) is 0 Å². The summed E-state index contributed by atoms with van der Waals surface area (Å²) >= 11 is 0. The van der Waals surface area contributed by atoms with E-state index >= 15 is 0 Å². The summed E-state index contributed by atoms with van der Waals surface area (Å²) in [5, 5.41) is 3.03. The minimum Gasteiger partial charge on any atom is -0.355 e. The van der Waals surface area contributed by atoms with Crippen LogP contribution in [-0.2, 0) is 6.54 Å². The molecule has 0 spiro atoms. The SMILES string of the molecule is C[C@@H]1CCCN(C(=O)NCc2ccc(N3CCCN(C)CC3)nc2)C1. The lowest BCUT2D eigenvalue weighted by atomic mass is 10.0. The fourth-order valence-corrected chi connectivity index (χ4v) is 3.65. The van der Waals surface area contributed by atoms with E-state index in [2.05, 4.69) is 46.2 Å². The second-order valence-electron chi connectivity index (χ2n) is 7.52. The average Bonchev–Trinajstić information content (AvgIpc) is 2.85.